The number of benzene rings is 1. The molecule has 1 heterocycles. The number of ether oxygens (including phenoxy) is 1. The van der Waals surface area contributed by atoms with Gasteiger partial charge in [-0.1, -0.05) is 11.6 Å². The predicted octanol–water partition coefficient (Wildman–Crippen LogP) is 3.53. The van der Waals surface area contributed by atoms with E-state index in [0.717, 1.165) is 5.56 Å². The molecular weight excluding hydrogens is 228 g/mol. The van der Waals surface area contributed by atoms with Crippen LogP contribution in [0.3, 0.4) is 0 Å². The van der Waals surface area contributed by atoms with Crippen molar-refractivity contribution in [1.29, 1.82) is 0 Å². The summed E-state index contributed by atoms with van der Waals surface area (Å²) < 4.78 is 10.7. The maximum absolute atomic E-state index is 12.4. The van der Waals surface area contributed by atoms with Gasteiger partial charge >= 0.3 is 0 Å². The molecule has 0 amide bonds. The van der Waals surface area contributed by atoms with Gasteiger partial charge < -0.3 is 9.15 Å². The Morgan fingerprint density at radius 2 is 2.00 bits per heavy atom. The first-order valence-corrected chi connectivity index (χ1v) is 5.95. The van der Waals surface area contributed by atoms with E-state index in [9.17, 15) is 4.79 Å². The smallest absolute Gasteiger partial charge is 0.200 e. The van der Waals surface area contributed by atoms with Crippen LogP contribution in [-0.2, 0) is 0 Å². The lowest BCUT2D eigenvalue weighted by atomic mass is 10.0. The Morgan fingerprint density at radius 3 is 2.61 bits per heavy atom. The van der Waals surface area contributed by atoms with Gasteiger partial charge in [0.1, 0.15) is 11.5 Å². The average Bonchev–Trinajstić information content (AvgIpc) is 2.77. The molecule has 3 nitrogen and oxygen atoms in total. The van der Waals surface area contributed by atoms with Gasteiger partial charge in [-0.2, -0.15) is 0 Å². The molecule has 0 atom stereocenters. The van der Waals surface area contributed by atoms with Gasteiger partial charge in [0.25, 0.3) is 0 Å². The molecule has 2 aromatic rings. The number of carbonyl (C=O) groups excluding carboxylic acids is 1. The van der Waals surface area contributed by atoms with Crippen molar-refractivity contribution in [2.75, 3.05) is 6.61 Å². The molecule has 1 aromatic carbocycles. The molecule has 0 fully saturated rings. The van der Waals surface area contributed by atoms with Crippen molar-refractivity contribution in [3.8, 4) is 5.75 Å². The van der Waals surface area contributed by atoms with Crippen LogP contribution in [0.25, 0.3) is 0 Å². The standard InChI is InChI=1S/C15H16O3/c1-4-17-14-6-5-10(2)9-13(14)15(16)12-7-8-18-11(12)3/h5-9H,4H2,1-3H3. The molecule has 1 aromatic heterocycles. The first kappa shape index (κ1) is 12.4. The van der Waals surface area contributed by atoms with Crippen LogP contribution in [0.4, 0.5) is 0 Å². The SMILES string of the molecule is CCOc1ccc(C)cc1C(=O)c1ccoc1C. The third-order valence-electron chi connectivity index (χ3n) is 2.78. The van der Waals surface area contributed by atoms with E-state index >= 15 is 0 Å². The average molecular weight is 244 g/mol. The summed E-state index contributed by atoms with van der Waals surface area (Å²) in [6, 6.07) is 7.31. The van der Waals surface area contributed by atoms with Crippen molar-refractivity contribution in [2.24, 2.45) is 0 Å². The third-order valence-corrected chi connectivity index (χ3v) is 2.78. The topological polar surface area (TPSA) is 39.4 Å². The fourth-order valence-electron chi connectivity index (χ4n) is 1.87. The zero-order valence-electron chi connectivity index (χ0n) is 10.8. The van der Waals surface area contributed by atoms with Gasteiger partial charge in [0.2, 0.25) is 0 Å². The molecular formula is C15H16O3. The first-order chi connectivity index (χ1) is 8.63. The Kier molecular flexibility index (Phi) is 3.51. The van der Waals surface area contributed by atoms with Crippen LogP contribution >= 0.6 is 0 Å². The van der Waals surface area contributed by atoms with Gasteiger partial charge in [-0.05, 0) is 39.0 Å². The van der Waals surface area contributed by atoms with Crippen molar-refractivity contribution in [3.63, 3.8) is 0 Å². The summed E-state index contributed by atoms with van der Waals surface area (Å²) in [6.45, 7) is 6.17. The molecule has 0 bridgehead atoms. The van der Waals surface area contributed by atoms with Crippen LogP contribution in [0.5, 0.6) is 5.75 Å². The summed E-state index contributed by atoms with van der Waals surface area (Å²) in [5.41, 5.74) is 2.20. The molecule has 0 aliphatic heterocycles. The van der Waals surface area contributed by atoms with E-state index in [-0.39, 0.29) is 5.78 Å². The lowest BCUT2D eigenvalue weighted by molar-refractivity contribution is 0.103. The fraction of sp³-hybridized carbons (Fsp3) is 0.267. The van der Waals surface area contributed by atoms with Crippen LogP contribution in [-0.4, -0.2) is 12.4 Å². The Hall–Kier alpha value is -2.03. The number of ketones is 1. The molecule has 94 valence electrons. The Balaban J connectivity index is 2.46. The monoisotopic (exact) mass is 244 g/mol. The third kappa shape index (κ3) is 2.30. The summed E-state index contributed by atoms with van der Waals surface area (Å²) >= 11 is 0. The number of aryl methyl sites for hydroxylation is 2. The molecule has 18 heavy (non-hydrogen) atoms. The lowest BCUT2D eigenvalue weighted by Crippen LogP contribution is -2.06. The lowest BCUT2D eigenvalue weighted by Gasteiger charge is -2.09. The van der Waals surface area contributed by atoms with Crippen LogP contribution < -0.4 is 4.74 Å². The predicted molar refractivity (Wildman–Crippen MR) is 69.2 cm³/mol. The van der Waals surface area contributed by atoms with E-state index in [4.69, 9.17) is 9.15 Å². The van der Waals surface area contributed by atoms with Crippen LogP contribution in [0.1, 0.15) is 34.2 Å². The van der Waals surface area contributed by atoms with Crippen LogP contribution in [0, 0.1) is 13.8 Å². The molecule has 0 aliphatic carbocycles. The zero-order valence-corrected chi connectivity index (χ0v) is 10.8. The summed E-state index contributed by atoms with van der Waals surface area (Å²) in [5.74, 6) is 1.19. The summed E-state index contributed by atoms with van der Waals surface area (Å²) in [4.78, 5) is 12.4. The number of hydrogen-bond acceptors (Lipinski definition) is 3. The second kappa shape index (κ2) is 5.08. The highest BCUT2D eigenvalue weighted by molar-refractivity contribution is 6.11. The minimum atomic E-state index is -0.0617. The second-order valence-corrected chi connectivity index (χ2v) is 4.15. The molecule has 0 radical (unpaired) electrons. The summed E-state index contributed by atoms with van der Waals surface area (Å²) in [6.07, 6.45) is 1.53. The van der Waals surface area contributed by atoms with E-state index in [0.29, 0.717) is 29.2 Å². The van der Waals surface area contributed by atoms with E-state index in [1.807, 2.05) is 32.0 Å². The highest BCUT2D eigenvalue weighted by atomic mass is 16.5. The maximum Gasteiger partial charge on any atom is 0.200 e. The van der Waals surface area contributed by atoms with Crippen molar-refractivity contribution in [3.05, 3.63) is 53.0 Å². The minimum absolute atomic E-state index is 0.0617. The summed E-state index contributed by atoms with van der Waals surface area (Å²) in [7, 11) is 0. The summed E-state index contributed by atoms with van der Waals surface area (Å²) in [5, 5.41) is 0. The van der Waals surface area contributed by atoms with Gasteiger partial charge in [-0.3, -0.25) is 4.79 Å². The first-order valence-electron chi connectivity index (χ1n) is 5.95. The second-order valence-electron chi connectivity index (χ2n) is 4.15. The molecule has 3 heteroatoms. The molecule has 0 N–H and O–H groups in total. The van der Waals surface area contributed by atoms with Crippen molar-refractivity contribution < 1.29 is 13.9 Å². The number of carbonyl (C=O) groups is 1. The van der Waals surface area contributed by atoms with E-state index in [1.165, 1.54) is 6.26 Å². The molecule has 2 rings (SSSR count). The largest absolute Gasteiger partial charge is 0.493 e. The quantitative estimate of drug-likeness (QED) is 0.772. The Labute approximate surface area is 106 Å². The van der Waals surface area contributed by atoms with Crippen LogP contribution in [0.15, 0.2) is 34.9 Å². The van der Waals surface area contributed by atoms with Gasteiger partial charge in [0, 0.05) is 0 Å². The highest BCUT2D eigenvalue weighted by Gasteiger charge is 2.18. The number of furan rings is 1. The van der Waals surface area contributed by atoms with Crippen molar-refractivity contribution in [2.45, 2.75) is 20.8 Å². The van der Waals surface area contributed by atoms with Crippen LogP contribution in [0.2, 0.25) is 0 Å². The molecule has 0 spiro atoms. The zero-order chi connectivity index (χ0) is 13.1. The number of rotatable bonds is 4. The van der Waals surface area contributed by atoms with Gasteiger partial charge in [-0.25, -0.2) is 0 Å². The van der Waals surface area contributed by atoms with Crippen molar-refractivity contribution >= 4 is 5.78 Å². The van der Waals surface area contributed by atoms with E-state index in [1.54, 1.807) is 13.0 Å². The molecule has 0 saturated carbocycles. The number of hydrogen-bond donors (Lipinski definition) is 0. The molecule has 0 unspecified atom stereocenters. The normalized spacial score (nSPS) is 10.4. The van der Waals surface area contributed by atoms with Crippen molar-refractivity contribution in [1.82, 2.24) is 0 Å². The Morgan fingerprint density at radius 1 is 1.22 bits per heavy atom. The highest BCUT2D eigenvalue weighted by Crippen LogP contribution is 2.24. The molecule has 0 aliphatic rings. The maximum atomic E-state index is 12.4. The van der Waals surface area contributed by atoms with E-state index in [2.05, 4.69) is 0 Å². The fourth-order valence-corrected chi connectivity index (χ4v) is 1.87. The van der Waals surface area contributed by atoms with Gasteiger partial charge in [0.05, 0.1) is 24.0 Å². The van der Waals surface area contributed by atoms with E-state index < -0.39 is 0 Å². The van der Waals surface area contributed by atoms with Gasteiger partial charge in [-0.15, -0.1) is 0 Å². The van der Waals surface area contributed by atoms with Gasteiger partial charge in [0.15, 0.2) is 5.78 Å². The minimum Gasteiger partial charge on any atom is -0.493 e. The Bertz CT molecular complexity index is 567. The molecule has 0 saturated heterocycles.